The third kappa shape index (κ3) is 5.14. The summed E-state index contributed by atoms with van der Waals surface area (Å²) >= 11 is 1.32. The number of hydrogen-bond acceptors (Lipinski definition) is 5. The maximum atomic E-state index is 12.6. The van der Waals surface area contributed by atoms with Crippen molar-refractivity contribution < 1.29 is 15.0 Å². The average Bonchev–Trinajstić information content (AvgIpc) is 3.15. The van der Waals surface area contributed by atoms with E-state index in [1.54, 1.807) is 11.4 Å². The number of carbonyl (C=O) groups is 1. The maximum Gasteiger partial charge on any atom is 0.252 e. The second kappa shape index (κ2) is 9.83. The molecule has 4 unspecified atom stereocenters. The quantitative estimate of drug-likeness (QED) is 0.541. The highest BCUT2D eigenvalue weighted by molar-refractivity contribution is 7.10. The van der Waals surface area contributed by atoms with E-state index in [9.17, 15) is 15.0 Å². The molecule has 0 aliphatic heterocycles. The van der Waals surface area contributed by atoms with E-state index in [2.05, 4.69) is 5.32 Å². The van der Waals surface area contributed by atoms with Gasteiger partial charge in [-0.3, -0.25) is 4.79 Å². The Bertz CT molecular complexity index is 689. The van der Waals surface area contributed by atoms with Crippen molar-refractivity contribution in [3.63, 3.8) is 0 Å². The number of amides is 1. The molecule has 142 valence electrons. The van der Waals surface area contributed by atoms with E-state index < -0.39 is 12.1 Å². The molecule has 0 bridgehead atoms. The summed E-state index contributed by atoms with van der Waals surface area (Å²) in [5.41, 5.74) is 7.66. The van der Waals surface area contributed by atoms with Gasteiger partial charge in [0, 0.05) is 10.9 Å². The Kier molecular flexibility index (Phi) is 7.78. The fourth-order valence-electron chi connectivity index (χ4n) is 2.83. The van der Waals surface area contributed by atoms with Crippen LogP contribution in [0.1, 0.15) is 47.2 Å². The van der Waals surface area contributed by atoms with Gasteiger partial charge in [-0.15, -0.1) is 11.3 Å². The van der Waals surface area contributed by atoms with Crippen LogP contribution in [0, 0.1) is 5.92 Å². The van der Waals surface area contributed by atoms with Gasteiger partial charge >= 0.3 is 0 Å². The zero-order valence-electron chi connectivity index (χ0n) is 15.3. The molecule has 26 heavy (non-hydrogen) atoms. The number of thiophene rings is 1. The summed E-state index contributed by atoms with van der Waals surface area (Å²) in [5, 5.41) is 24.8. The standard InChI is InChI=1S/C20H28N2O3S/c1-3-13(2)17(12-23)22-20(25)15-9-10-26-19(15)18(24)16(21)11-14-7-5-4-6-8-14/h4-10,13,16-18,23-24H,3,11-12,21H2,1-2H3,(H,22,25). The number of aliphatic hydroxyl groups excluding tert-OH is 2. The van der Waals surface area contributed by atoms with Gasteiger partial charge in [-0.05, 0) is 29.3 Å². The van der Waals surface area contributed by atoms with Crippen LogP contribution in [0.4, 0.5) is 0 Å². The summed E-state index contributed by atoms with van der Waals surface area (Å²) in [6.07, 6.45) is 0.451. The lowest BCUT2D eigenvalue weighted by Crippen LogP contribution is -2.42. The van der Waals surface area contributed by atoms with Crippen LogP contribution >= 0.6 is 11.3 Å². The van der Waals surface area contributed by atoms with E-state index in [1.807, 2.05) is 44.2 Å². The van der Waals surface area contributed by atoms with Crippen LogP contribution < -0.4 is 11.1 Å². The second-order valence-corrected chi connectivity index (χ2v) is 7.59. The molecule has 4 atom stereocenters. The highest BCUT2D eigenvalue weighted by Gasteiger charge is 2.26. The zero-order chi connectivity index (χ0) is 19.1. The molecule has 0 fully saturated rings. The predicted octanol–water partition coefficient (Wildman–Crippen LogP) is 2.49. The molecular weight excluding hydrogens is 348 g/mol. The number of nitrogens with one attached hydrogen (secondary N) is 1. The van der Waals surface area contributed by atoms with Crippen molar-refractivity contribution in [1.29, 1.82) is 0 Å². The van der Waals surface area contributed by atoms with Crippen molar-refractivity contribution in [3.8, 4) is 0 Å². The molecule has 2 aromatic rings. The lowest BCUT2D eigenvalue weighted by molar-refractivity contribution is 0.0882. The molecule has 1 amide bonds. The van der Waals surface area contributed by atoms with Crippen LogP contribution in [-0.2, 0) is 6.42 Å². The smallest absolute Gasteiger partial charge is 0.252 e. The van der Waals surface area contributed by atoms with E-state index in [-0.39, 0.29) is 24.5 Å². The van der Waals surface area contributed by atoms with Crippen LogP contribution in [0.2, 0.25) is 0 Å². The van der Waals surface area contributed by atoms with Gasteiger partial charge in [0.15, 0.2) is 0 Å². The van der Waals surface area contributed by atoms with E-state index >= 15 is 0 Å². The van der Waals surface area contributed by atoms with Crippen LogP contribution in [-0.4, -0.2) is 34.8 Å². The Balaban J connectivity index is 2.09. The van der Waals surface area contributed by atoms with Crippen LogP contribution in [0.3, 0.4) is 0 Å². The Morgan fingerprint density at radius 3 is 2.58 bits per heavy atom. The van der Waals surface area contributed by atoms with Gasteiger partial charge in [0.1, 0.15) is 6.10 Å². The second-order valence-electron chi connectivity index (χ2n) is 6.65. The van der Waals surface area contributed by atoms with Gasteiger partial charge < -0.3 is 21.3 Å². The first kappa shape index (κ1) is 20.6. The zero-order valence-corrected chi connectivity index (χ0v) is 16.1. The summed E-state index contributed by atoms with van der Waals surface area (Å²) < 4.78 is 0. The minimum atomic E-state index is -0.924. The van der Waals surface area contributed by atoms with Crippen molar-refractivity contribution >= 4 is 17.2 Å². The number of benzene rings is 1. The topological polar surface area (TPSA) is 95.6 Å². The molecule has 0 aliphatic rings. The summed E-state index contributed by atoms with van der Waals surface area (Å²) in [6.45, 7) is 3.89. The predicted molar refractivity (Wildman–Crippen MR) is 105 cm³/mol. The number of nitrogens with two attached hydrogens (primary N) is 1. The molecule has 5 N–H and O–H groups in total. The van der Waals surface area contributed by atoms with Gasteiger partial charge in [0.05, 0.1) is 18.2 Å². The van der Waals surface area contributed by atoms with Crippen molar-refractivity contribution in [3.05, 3.63) is 57.8 Å². The average molecular weight is 377 g/mol. The minimum absolute atomic E-state index is 0.115. The SMILES string of the molecule is CCC(C)C(CO)NC(=O)c1ccsc1C(O)C(N)Cc1ccccc1. The number of carbonyl (C=O) groups excluding carboxylic acids is 1. The van der Waals surface area contributed by atoms with Crippen LogP contribution in [0.5, 0.6) is 0 Å². The largest absolute Gasteiger partial charge is 0.394 e. The van der Waals surface area contributed by atoms with E-state index in [0.29, 0.717) is 16.9 Å². The van der Waals surface area contributed by atoms with Crippen molar-refractivity contribution in [2.75, 3.05) is 6.61 Å². The molecule has 0 saturated carbocycles. The highest BCUT2D eigenvalue weighted by atomic mass is 32.1. The van der Waals surface area contributed by atoms with E-state index in [0.717, 1.165) is 12.0 Å². The molecule has 2 rings (SSSR count). The minimum Gasteiger partial charge on any atom is -0.394 e. The molecule has 1 heterocycles. The van der Waals surface area contributed by atoms with Crippen LogP contribution in [0.15, 0.2) is 41.8 Å². The van der Waals surface area contributed by atoms with E-state index in [1.165, 1.54) is 11.3 Å². The molecule has 0 radical (unpaired) electrons. The maximum absolute atomic E-state index is 12.6. The molecule has 0 spiro atoms. The normalized spacial score (nSPS) is 15.9. The summed E-state index contributed by atoms with van der Waals surface area (Å²) in [4.78, 5) is 13.2. The fraction of sp³-hybridized carbons (Fsp3) is 0.450. The first-order valence-corrected chi connectivity index (χ1v) is 9.82. The lowest BCUT2D eigenvalue weighted by atomic mass is 9.98. The molecule has 1 aromatic heterocycles. The van der Waals surface area contributed by atoms with Crippen molar-refractivity contribution in [2.24, 2.45) is 11.7 Å². The van der Waals surface area contributed by atoms with Crippen LogP contribution in [0.25, 0.3) is 0 Å². The van der Waals surface area contributed by atoms with Gasteiger partial charge in [-0.25, -0.2) is 0 Å². The molecule has 5 nitrogen and oxygen atoms in total. The Labute approximate surface area is 158 Å². The van der Waals surface area contributed by atoms with Gasteiger partial charge in [0.2, 0.25) is 0 Å². The number of hydrogen-bond donors (Lipinski definition) is 4. The molecular formula is C20H28N2O3S. The third-order valence-electron chi connectivity index (χ3n) is 4.77. The molecule has 1 aromatic carbocycles. The van der Waals surface area contributed by atoms with E-state index in [4.69, 9.17) is 5.73 Å². The summed E-state index contributed by atoms with van der Waals surface area (Å²) in [7, 11) is 0. The summed E-state index contributed by atoms with van der Waals surface area (Å²) in [5.74, 6) is -0.122. The third-order valence-corrected chi connectivity index (χ3v) is 5.76. The molecule has 6 heteroatoms. The first-order valence-electron chi connectivity index (χ1n) is 8.94. The Morgan fingerprint density at radius 1 is 1.27 bits per heavy atom. The van der Waals surface area contributed by atoms with Crippen molar-refractivity contribution in [2.45, 2.75) is 44.9 Å². The number of aliphatic hydroxyl groups is 2. The monoisotopic (exact) mass is 376 g/mol. The number of rotatable bonds is 9. The van der Waals surface area contributed by atoms with Crippen molar-refractivity contribution in [1.82, 2.24) is 5.32 Å². The lowest BCUT2D eigenvalue weighted by Gasteiger charge is -2.23. The van der Waals surface area contributed by atoms with Gasteiger partial charge in [0.25, 0.3) is 5.91 Å². The van der Waals surface area contributed by atoms with Gasteiger partial charge in [-0.1, -0.05) is 50.6 Å². The van der Waals surface area contributed by atoms with Gasteiger partial charge in [-0.2, -0.15) is 0 Å². The summed E-state index contributed by atoms with van der Waals surface area (Å²) in [6, 6.07) is 10.6. The molecule has 0 aliphatic carbocycles. The molecule has 0 saturated heterocycles. The first-order chi connectivity index (χ1) is 12.5. The fourth-order valence-corrected chi connectivity index (χ4v) is 3.78. The Hall–Kier alpha value is -1.73. The highest BCUT2D eigenvalue weighted by Crippen LogP contribution is 2.28. The Morgan fingerprint density at radius 2 is 1.96 bits per heavy atom.